The predicted octanol–water partition coefficient (Wildman–Crippen LogP) is 4.97. The van der Waals surface area contributed by atoms with Crippen molar-refractivity contribution >= 4 is 27.5 Å². The number of pyridine rings is 1. The summed E-state index contributed by atoms with van der Waals surface area (Å²) < 4.78 is 52.2. The van der Waals surface area contributed by atoms with Crippen LogP contribution in [-0.2, 0) is 0 Å². The molecule has 4 fully saturated rings. The number of alkyl halides is 1. The van der Waals surface area contributed by atoms with Gasteiger partial charge in [-0.3, -0.25) is 9.88 Å². The molecular weight excluding hydrogens is 583 g/mol. The Morgan fingerprint density at radius 1 is 1.11 bits per heavy atom. The molecule has 11 heteroatoms. The first-order chi connectivity index (χ1) is 21.7. The van der Waals surface area contributed by atoms with Crippen LogP contribution in [0.15, 0.2) is 30.5 Å². The van der Waals surface area contributed by atoms with E-state index in [1.54, 1.807) is 0 Å². The van der Waals surface area contributed by atoms with Gasteiger partial charge in [-0.05, 0) is 55.8 Å². The third kappa shape index (κ3) is 4.49. The van der Waals surface area contributed by atoms with Gasteiger partial charge in [0.15, 0.2) is 5.82 Å². The maximum absolute atomic E-state index is 16.8. The summed E-state index contributed by atoms with van der Waals surface area (Å²) in [7, 11) is 0. The first-order valence-electron chi connectivity index (χ1n) is 15.5. The highest BCUT2D eigenvalue weighted by atomic mass is 19.1. The van der Waals surface area contributed by atoms with E-state index >= 15 is 4.39 Å². The summed E-state index contributed by atoms with van der Waals surface area (Å²) in [6.45, 7) is 2.41. The van der Waals surface area contributed by atoms with Crippen molar-refractivity contribution in [2.75, 3.05) is 37.7 Å². The average molecular weight is 616 g/mol. The minimum absolute atomic E-state index is 0.0355. The number of aliphatic hydroxyl groups excluding tert-OH is 1. The molecule has 0 amide bonds. The number of phenols is 1. The molecule has 3 aliphatic heterocycles. The molecule has 0 radical (unpaired) electrons. The normalized spacial score (nSPS) is 27.8. The Kier molecular flexibility index (Phi) is 6.59. The molecule has 3 saturated heterocycles. The average Bonchev–Trinajstić information content (AvgIpc) is 3.60. The van der Waals surface area contributed by atoms with E-state index in [-0.39, 0.29) is 64.0 Å². The van der Waals surface area contributed by atoms with Gasteiger partial charge in [0, 0.05) is 55.0 Å². The van der Waals surface area contributed by atoms with E-state index in [9.17, 15) is 19.0 Å². The Morgan fingerprint density at radius 2 is 1.91 bits per heavy atom. The molecule has 1 saturated carbocycles. The molecule has 1 aliphatic carbocycles. The molecule has 2 N–H and O–H groups in total. The van der Waals surface area contributed by atoms with Crippen molar-refractivity contribution in [3.63, 3.8) is 0 Å². The smallest absolute Gasteiger partial charge is 0.319 e. The zero-order valence-corrected chi connectivity index (χ0v) is 24.5. The number of aromatic hydroxyl groups is 1. The molecule has 2 bridgehead atoms. The number of piperidine rings is 1. The summed E-state index contributed by atoms with van der Waals surface area (Å²) in [5, 5.41) is 22.2. The van der Waals surface area contributed by atoms with Gasteiger partial charge in [0.2, 0.25) is 0 Å². The number of ether oxygens (including phenoxy) is 1. The van der Waals surface area contributed by atoms with Gasteiger partial charge in [-0.15, -0.1) is 6.42 Å². The molecule has 4 aromatic rings. The second kappa shape index (κ2) is 10.5. The Balaban J connectivity index is 1.28. The zero-order valence-electron chi connectivity index (χ0n) is 24.5. The molecule has 8 rings (SSSR count). The molecule has 8 nitrogen and oxygen atoms in total. The quantitative estimate of drug-likeness (QED) is 0.304. The van der Waals surface area contributed by atoms with Crippen molar-refractivity contribution in [3.8, 4) is 35.4 Å². The lowest BCUT2D eigenvalue weighted by Crippen LogP contribution is -2.45. The van der Waals surface area contributed by atoms with E-state index in [1.165, 1.54) is 30.5 Å². The fraction of sp³-hybridized carbons (Fsp3) is 0.441. The first kappa shape index (κ1) is 28.3. The van der Waals surface area contributed by atoms with Crippen LogP contribution in [0.4, 0.5) is 19.0 Å². The highest BCUT2D eigenvalue weighted by Crippen LogP contribution is 2.43. The lowest BCUT2D eigenvalue weighted by atomic mass is 9.94. The van der Waals surface area contributed by atoms with Crippen molar-refractivity contribution in [1.82, 2.24) is 19.9 Å². The third-order valence-electron chi connectivity index (χ3n) is 10.4. The van der Waals surface area contributed by atoms with Crippen molar-refractivity contribution < 1.29 is 28.1 Å². The van der Waals surface area contributed by atoms with E-state index in [0.29, 0.717) is 42.6 Å². The Bertz CT molecular complexity index is 1890. The first-order valence-corrected chi connectivity index (χ1v) is 15.5. The number of nitrogens with zero attached hydrogens (tertiary/aromatic N) is 5. The Hall–Kier alpha value is -4.14. The van der Waals surface area contributed by atoms with E-state index < -0.39 is 23.3 Å². The second-order valence-corrected chi connectivity index (χ2v) is 13.0. The van der Waals surface area contributed by atoms with Gasteiger partial charge in [0.25, 0.3) is 0 Å². The van der Waals surface area contributed by atoms with Crippen molar-refractivity contribution in [1.29, 1.82) is 0 Å². The highest BCUT2D eigenvalue weighted by molar-refractivity contribution is 6.03. The fourth-order valence-electron chi connectivity index (χ4n) is 8.28. The fourth-order valence-corrected chi connectivity index (χ4v) is 8.28. The van der Waals surface area contributed by atoms with E-state index in [2.05, 4.69) is 20.8 Å². The van der Waals surface area contributed by atoms with Crippen molar-refractivity contribution in [2.45, 2.75) is 49.9 Å². The molecule has 0 unspecified atom stereocenters. The molecule has 5 heterocycles. The molecule has 0 spiro atoms. The van der Waals surface area contributed by atoms with Crippen LogP contribution in [0.5, 0.6) is 11.8 Å². The van der Waals surface area contributed by atoms with Gasteiger partial charge in [-0.25, -0.2) is 13.2 Å². The Morgan fingerprint density at radius 3 is 2.69 bits per heavy atom. The maximum Gasteiger partial charge on any atom is 0.319 e. The van der Waals surface area contributed by atoms with Crippen LogP contribution in [0.3, 0.4) is 0 Å². The minimum atomic E-state index is -0.932. The number of aliphatic hydroxyl groups is 1. The highest BCUT2D eigenvalue weighted by Gasteiger charge is 2.49. The van der Waals surface area contributed by atoms with Crippen LogP contribution in [0.2, 0.25) is 0 Å². The largest absolute Gasteiger partial charge is 0.508 e. The molecule has 5 atom stereocenters. The summed E-state index contributed by atoms with van der Waals surface area (Å²) in [5.74, 6) is 1.33. The summed E-state index contributed by atoms with van der Waals surface area (Å²) in [6.07, 6.45) is 9.72. The van der Waals surface area contributed by atoms with Gasteiger partial charge in [-0.1, -0.05) is 12.0 Å². The molecule has 232 valence electrons. The topological polar surface area (TPSA) is 94.8 Å². The SMILES string of the molecule is C#Cc1c(F)ccc2cc(O)cc(-c3ncc4c(N5C[C@H]6CC[C@@H](C5)[C@@H]6O)nc(OC[C@@]56CCCN5C[C@H](F)C6)nc4c3F)c12. The number of hydrogen-bond donors (Lipinski definition) is 2. The summed E-state index contributed by atoms with van der Waals surface area (Å²) in [5.41, 5.74) is -0.610. The van der Waals surface area contributed by atoms with Gasteiger partial charge in [0.1, 0.15) is 41.4 Å². The number of aromatic nitrogens is 3. The van der Waals surface area contributed by atoms with E-state index in [0.717, 1.165) is 32.2 Å². The van der Waals surface area contributed by atoms with Gasteiger partial charge < -0.3 is 19.8 Å². The number of rotatable bonds is 5. The number of halogens is 3. The third-order valence-corrected chi connectivity index (χ3v) is 10.4. The van der Waals surface area contributed by atoms with E-state index in [1.807, 2.05) is 4.90 Å². The summed E-state index contributed by atoms with van der Waals surface area (Å²) >= 11 is 0. The number of anilines is 1. The summed E-state index contributed by atoms with van der Waals surface area (Å²) in [4.78, 5) is 17.9. The minimum Gasteiger partial charge on any atom is -0.508 e. The number of hydrogen-bond acceptors (Lipinski definition) is 8. The molecule has 4 aliphatic rings. The monoisotopic (exact) mass is 615 g/mol. The van der Waals surface area contributed by atoms with E-state index in [4.69, 9.17) is 16.1 Å². The van der Waals surface area contributed by atoms with Gasteiger partial charge >= 0.3 is 6.01 Å². The number of benzene rings is 2. The second-order valence-electron chi connectivity index (χ2n) is 13.0. The van der Waals surface area contributed by atoms with Crippen LogP contribution in [0.25, 0.3) is 32.9 Å². The molecule has 2 aromatic carbocycles. The maximum atomic E-state index is 16.8. The van der Waals surface area contributed by atoms with Crippen LogP contribution in [0, 0.1) is 35.8 Å². The number of terminal acetylenes is 1. The lowest BCUT2D eigenvalue weighted by Gasteiger charge is -2.36. The van der Waals surface area contributed by atoms with Crippen LogP contribution < -0.4 is 9.64 Å². The zero-order chi connectivity index (χ0) is 31.0. The van der Waals surface area contributed by atoms with Crippen molar-refractivity contribution in [3.05, 3.63) is 47.7 Å². The van der Waals surface area contributed by atoms with Gasteiger partial charge in [-0.2, -0.15) is 9.97 Å². The van der Waals surface area contributed by atoms with Crippen LogP contribution in [0.1, 0.15) is 37.7 Å². The summed E-state index contributed by atoms with van der Waals surface area (Å²) in [6, 6.07) is 5.38. The Labute approximate surface area is 257 Å². The predicted molar refractivity (Wildman–Crippen MR) is 163 cm³/mol. The molecule has 2 aromatic heterocycles. The lowest BCUT2D eigenvalue weighted by molar-refractivity contribution is 0.0790. The van der Waals surface area contributed by atoms with Crippen molar-refractivity contribution in [2.24, 2.45) is 11.8 Å². The van der Waals surface area contributed by atoms with Crippen LogP contribution >= 0.6 is 0 Å². The standard InChI is InChI=1S/C34H32F3N5O3/c1-2-23-26(36)7-6-18-10-22(43)11-24(27(18)23)29-28(37)30-25(13-38-29)32(41-14-19-4-5-20(15-41)31(19)44)40-33(39-30)45-17-34-8-3-9-42(34)16-21(35)12-34/h1,6-7,10-11,13,19-21,31,43-44H,3-5,8-9,12,14-17H2/t19-,20+,21-,31-,34+/m1/s1. The molecule has 45 heavy (non-hydrogen) atoms. The van der Waals surface area contributed by atoms with Crippen LogP contribution in [-0.4, -0.2) is 80.7 Å². The van der Waals surface area contributed by atoms with Gasteiger partial charge in [0.05, 0.1) is 22.6 Å². The number of phenolic OH excluding ortho intramolecular Hbond substituents is 1. The molecular formula is C34H32F3N5O3. The number of fused-ring (bicyclic) bond motifs is 5.